The highest BCUT2D eigenvalue weighted by atomic mass is 16.5. The van der Waals surface area contributed by atoms with Crippen molar-refractivity contribution in [2.45, 2.75) is 51.9 Å². The molecule has 1 saturated heterocycles. The van der Waals surface area contributed by atoms with E-state index in [-0.39, 0.29) is 11.6 Å². The van der Waals surface area contributed by atoms with Gasteiger partial charge in [-0.2, -0.15) is 0 Å². The van der Waals surface area contributed by atoms with Crippen LogP contribution in [0.2, 0.25) is 0 Å². The fourth-order valence-electron chi connectivity index (χ4n) is 4.25. The van der Waals surface area contributed by atoms with E-state index in [9.17, 15) is 19.8 Å². The maximum absolute atomic E-state index is 13.2. The quantitative estimate of drug-likeness (QED) is 0.555. The van der Waals surface area contributed by atoms with E-state index in [2.05, 4.69) is 15.2 Å². The van der Waals surface area contributed by atoms with E-state index in [0.717, 1.165) is 11.3 Å². The number of morpholine rings is 1. The van der Waals surface area contributed by atoms with Gasteiger partial charge in [-0.1, -0.05) is 6.07 Å². The minimum Gasteiger partial charge on any atom is -0.390 e. The molecule has 9 nitrogen and oxygen atoms in total. The van der Waals surface area contributed by atoms with E-state index in [0.29, 0.717) is 62.8 Å². The zero-order chi connectivity index (χ0) is 25.4. The highest BCUT2D eigenvalue weighted by Crippen LogP contribution is 2.35. The molecular formula is C26H34N4O5. The fourth-order valence-corrected chi connectivity index (χ4v) is 4.25. The van der Waals surface area contributed by atoms with Crippen LogP contribution >= 0.6 is 0 Å². The molecule has 3 heterocycles. The minimum absolute atomic E-state index is 0.0730. The lowest BCUT2D eigenvalue weighted by Crippen LogP contribution is -2.37. The number of amides is 2. The van der Waals surface area contributed by atoms with Crippen molar-refractivity contribution in [2.75, 3.05) is 43.1 Å². The molecule has 2 aliphatic heterocycles. The fraction of sp³-hybridized carbons (Fsp3) is 0.500. The third kappa shape index (κ3) is 5.80. The average Bonchev–Trinajstić information content (AvgIpc) is 3.11. The van der Waals surface area contributed by atoms with Crippen molar-refractivity contribution in [2.24, 2.45) is 0 Å². The van der Waals surface area contributed by atoms with Crippen LogP contribution < -0.4 is 10.2 Å². The number of nitrogens with one attached hydrogen (secondary N) is 1. The van der Waals surface area contributed by atoms with Crippen molar-refractivity contribution in [3.05, 3.63) is 52.8 Å². The first-order valence-electron chi connectivity index (χ1n) is 11.9. The lowest BCUT2D eigenvalue weighted by Gasteiger charge is -2.31. The summed E-state index contributed by atoms with van der Waals surface area (Å²) in [6, 6.07) is 8.69. The molecule has 0 spiro atoms. The molecule has 0 saturated carbocycles. The van der Waals surface area contributed by atoms with Crippen LogP contribution in [-0.2, 0) is 16.9 Å². The number of nitrogens with zero attached hydrogens (tertiary/aromatic N) is 3. The van der Waals surface area contributed by atoms with Crippen molar-refractivity contribution in [1.29, 1.82) is 0 Å². The normalized spacial score (nSPS) is 16.5. The predicted molar refractivity (Wildman–Crippen MR) is 133 cm³/mol. The van der Waals surface area contributed by atoms with Gasteiger partial charge in [-0.25, -0.2) is 4.98 Å². The Labute approximate surface area is 205 Å². The van der Waals surface area contributed by atoms with Crippen molar-refractivity contribution in [3.8, 4) is 0 Å². The molecule has 35 heavy (non-hydrogen) atoms. The number of hydrogen-bond acceptors (Lipinski definition) is 7. The molecule has 4 rings (SSSR count). The molecule has 2 aromatic rings. The maximum atomic E-state index is 13.2. The zero-order valence-corrected chi connectivity index (χ0v) is 20.8. The van der Waals surface area contributed by atoms with Crippen LogP contribution in [0.4, 0.5) is 11.4 Å². The first-order valence-corrected chi connectivity index (χ1v) is 11.9. The topological polar surface area (TPSA) is 115 Å². The molecule has 2 amide bonds. The molecule has 1 aromatic carbocycles. The molecule has 0 unspecified atom stereocenters. The Morgan fingerprint density at radius 3 is 2.51 bits per heavy atom. The van der Waals surface area contributed by atoms with Gasteiger partial charge in [0.25, 0.3) is 11.8 Å². The SMILES string of the molecule is CC(C)(O)CCN1Cc2cc(NC(=O)c3cccc(C(C)(C)O)n3)c(N3CCOCC3)cc2C1=O. The summed E-state index contributed by atoms with van der Waals surface area (Å²) in [6.45, 7) is 9.97. The lowest BCUT2D eigenvalue weighted by atomic mass is 10.0. The number of carbonyl (C=O) groups is 2. The second-order valence-electron chi connectivity index (χ2n) is 10.3. The molecule has 1 aromatic heterocycles. The van der Waals surface area contributed by atoms with E-state index in [1.165, 1.54) is 0 Å². The van der Waals surface area contributed by atoms with Crippen molar-refractivity contribution < 1.29 is 24.5 Å². The first kappa shape index (κ1) is 25.1. The second-order valence-corrected chi connectivity index (χ2v) is 10.3. The molecule has 2 aliphatic rings. The Morgan fingerprint density at radius 2 is 1.86 bits per heavy atom. The van der Waals surface area contributed by atoms with Gasteiger partial charge in [0.05, 0.1) is 35.9 Å². The summed E-state index contributed by atoms with van der Waals surface area (Å²) < 4.78 is 5.49. The highest BCUT2D eigenvalue weighted by Gasteiger charge is 2.31. The standard InChI is InChI=1S/C26H34N4O5/c1-25(2,33)8-9-30-16-17-14-20(21(15-18(17)24(30)32)29-10-12-35-13-11-29)28-23(31)19-6-5-7-22(27-19)26(3,4)34/h5-7,14-15,33-34H,8-13,16H2,1-4H3,(H,28,31). The van der Waals surface area contributed by atoms with Crippen LogP contribution in [0.1, 0.15) is 66.2 Å². The highest BCUT2D eigenvalue weighted by molar-refractivity contribution is 6.07. The van der Waals surface area contributed by atoms with Gasteiger partial charge in [-0.15, -0.1) is 0 Å². The van der Waals surface area contributed by atoms with Crippen LogP contribution in [0.15, 0.2) is 30.3 Å². The summed E-state index contributed by atoms with van der Waals surface area (Å²) >= 11 is 0. The van der Waals surface area contributed by atoms with Gasteiger partial charge < -0.3 is 30.1 Å². The van der Waals surface area contributed by atoms with Gasteiger partial charge in [0.15, 0.2) is 0 Å². The van der Waals surface area contributed by atoms with Gasteiger partial charge in [-0.3, -0.25) is 9.59 Å². The van der Waals surface area contributed by atoms with E-state index >= 15 is 0 Å². The Balaban J connectivity index is 1.64. The van der Waals surface area contributed by atoms with Crippen LogP contribution in [0.3, 0.4) is 0 Å². The zero-order valence-electron chi connectivity index (χ0n) is 20.8. The van der Waals surface area contributed by atoms with Gasteiger partial charge in [-0.05, 0) is 63.9 Å². The number of pyridine rings is 1. The number of fused-ring (bicyclic) bond motifs is 1. The number of aromatic nitrogens is 1. The third-order valence-corrected chi connectivity index (χ3v) is 6.30. The molecule has 3 N–H and O–H groups in total. The van der Waals surface area contributed by atoms with Crippen molar-refractivity contribution >= 4 is 23.2 Å². The van der Waals surface area contributed by atoms with E-state index in [4.69, 9.17) is 4.74 Å². The molecule has 9 heteroatoms. The van der Waals surface area contributed by atoms with Gasteiger partial charge >= 0.3 is 0 Å². The maximum Gasteiger partial charge on any atom is 0.274 e. The van der Waals surface area contributed by atoms with Gasteiger partial charge in [0.1, 0.15) is 11.3 Å². The Hall–Kier alpha value is -3.01. The summed E-state index contributed by atoms with van der Waals surface area (Å²) in [5.41, 5.74) is 1.37. The number of anilines is 2. The molecule has 1 fully saturated rings. The molecule has 0 atom stereocenters. The smallest absolute Gasteiger partial charge is 0.274 e. The van der Waals surface area contributed by atoms with Crippen molar-refractivity contribution in [1.82, 2.24) is 9.88 Å². The number of benzene rings is 1. The average molecular weight is 483 g/mol. The Bertz CT molecular complexity index is 1110. The first-order chi connectivity index (χ1) is 16.4. The Kier molecular flexibility index (Phi) is 6.86. The van der Waals surface area contributed by atoms with E-state index in [1.54, 1.807) is 50.8 Å². The number of hydrogen-bond donors (Lipinski definition) is 3. The van der Waals surface area contributed by atoms with Gasteiger partial charge in [0.2, 0.25) is 0 Å². The minimum atomic E-state index is -1.17. The number of aliphatic hydroxyl groups is 2. The number of rotatable bonds is 7. The van der Waals surface area contributed by atoms with E-state index < -0.39 is 17.1 Å². The lowest BCUT2D eigenvalue weighted by molar-refractivity contribution is 0.0516. The molecule has 0 aliphatic carbocycles. The number of ether oxygens (including phenoxy) is 1. The molecule has 188 valence electrons. The van der Waals surface area contributed by atoms with Crippen LogP contribution in [-0.4, -0.2) is 70.4 Å². The molecule has 0 radical (unpaired) electrons. The predicted octanol–water partition coefficient (Wildman–Crippen LogP) is 2.51. The van der Waals surface area contributed by atoms with Gasteiger partial charge in [0, 0.05) is 31.7 Å². The second kappa shape index (κ2) is 9.56. The molecule has 0 bridgehead atoms. The summed E-state index contributed by atoms with van der Waals surface area (Å²) in [7, 11) is 0. The van der Waals surface area contributed by atoms with Crippen LogP contribution in [0.25, 0.3) is 0 Å². The summed E-state index contributed by atoms with van der Waals surface area (Å²) in [4.78, 5) is 34.5. The largest absolute Gasteiger partial charge is 0.390 e. The van der Waals surface area contributed by atoms with Crippen molar-refractivity contribution in [3.63, 3.8) is 0 Å². The Morgan fingerprint density at radius 1 is 1.14 bits per heavy atom. The number of carbonyl (C=O) groups excluding carboxylic acids is 2. The van der Waals surface area contributed by atoms with Crippen LogP contribution in [0.5, 0.6) is 0 Å². The van der Waals surface area contributed by atoms with E-state index in [1.807, 2.05) is 12.1 Å². The summed E-state index contributed by atoms with van der Waals surface area (Å²) in [5.74, 6) is -0.468. The summed E-state index contributed by atoms with van der Waals surface area (Å²) in [5, 5.41) is 23.4. The molecular weight excluding hydrogens is 448 g/mol. The summed E-state index contributed by atoms with van der Waals surface area (Å²) in [6.07, 6.45) is 0.468. The van der Waals surface area contributed by atoms with Crippen LogP contribution in [0, 0.1) is 0 Å². The third-order valence-electron chi connectivity index (χ3n) is 6.30. The monoisotopic (exact) mass is 482 g/mol.